The molecule has 1 aromatic carbocycles. The molecule has 11 nitrogen and oxygen atoms in total. The average Bonchev–Trinajstić information content (AvgIpc) is 3.26. The molecule has 1 atom stereocenters. The fraction of sp³-hybridized carbons (Fsp3) is 0.364. The van der Waals surface area contributed by atoms with E-state index in [1.807, 2.05) is 0 Å². The first-order valence-corrected chi connectivity index (χ1v) is 10.7. The van der Waals surface area contributed by atoms with Gasteiger partial charge in [0.2, 0.25) is 5.82 Å². The maximum atomic E-state index is 15.5. The maximum Gasteiger partial charge on any atom is 0.342 e. The lowest BCUT2D eigenvalue weighted by Crippen LogP contribution is -2.24. The number of nitrogens with two attached hydrogens (primary N) is 1. The zero-order valence-electron chi connectivity index (χ0n) is 20.0. The molecule has 0 aliphatic carbocycles. The molecule has 0 aliphatic rings. The van der Waals surface area contributed by atoms with Gasteiger partial charge in [0.25, 0.3) is 12.3 Å². The summed E-state index contributed by atoms with van der Waals surface area (Å²) in [4.78, 5) is 28.3. The van der Waals surface area contributed by atoms with Crippen molar-refractivity contribution in [3.8, 4) is 23.0 Å². The number of carboxylic acid groups (broad SMARTS) is 1. The molecule has 0 bridgehead atoms. The molecule has 1 unspecified atom stereocenters. The first kappa shape index (κ1) is 27.3. The van der Waals surface area contributed by atoms with E-state index >= 15 is 4.39 Å². The highest BCUT2D eigenvalue weighted by Crippen LogP contribution is 2.39. The van der Waals surface area contributed by atoms with Crippen LogP contribution in [0.1, 0.15) is 62.5 Å². The standard InChI is InChI=1S/C22H22F4N6O5/c1-9(5-14(33)34)32-30-19(29-31-32)11-7-12(21(35)37-22(2,3)4)17(15(24)16(11)27)36-20-13(23)6-10(8-28-20)18(25)26/h6-9,18H,5,27H2,1-4H3,(H,33,34). The first-order chi connectivity index (χ1) is 17.2. The SMILES string of the molecule is CC(CC(=O)O)n1nnc(-c2cc(C(=O)OC(C)(C)C)c(Oc3ncc(C(F)F)cc3F)c(F)c2N)n1. The van der Waals surface area contributed by atoms with Gasteiger partial charge in [-0.05, 0) is 45.0 Å². The Kier molecular flexibility index (Phi) is 7.64. The van der Waals surface area contributed by atoms with Gasteiger partial charge in [0, 0.05) is 11.8 Å². The lowest BCUT2D eigenvalue weighted by Gasteiger charge is -2.21. The summed E-state index contributed by atoms with van der Waals surface area (Å²) in [5.74, 6) is -6.92. The Bertz CT molecular complexity index is 1340. The third-order valence-corrected chi connectivity index (χ3v) is 4.69. The number of carboxylic acids is 1. The summed E-state index contributed by atoms with van der Waals surface area (Å²) in [7, 11) is 0. The lowest BCUT2D eigenvalue weighted by molar-refractivity contribution is -0.137. The minimum Gasteiger partial charge on any atom is -0.481 e. The minimum absolute atomic E-state index is 0.221. The highest BCUT2D eigenvalue weighted by Gasteiger charge is 2.30. The second-order valence-corrected chi connectivity index (χ2v) is 8.87. The van der Waals surface area contributed by atoms with Crippen molar-refractivity contribution < 1.29 is 41.7 Å². The van der Waals surface area contributed by atoms with E-state index in [-0.39, 0.29) is 17.8 Å². The van der Waals surface area contributed by atoms with E-state index in [0.29, 0.717) is 12.3 Å². The van der Waals surface area contributed by atoms with E-state index in [9.17, 15) is 22.8 Å². The van der Waals surface area contributed by atoms with Crippen LogP contribution in [-0.4, -0.2) is 47.8 Å². The molecule has 3 N–H and O–H groups in total. The van der Waals surface area contributed by atoms with Crippen molar-refractivity contribution in [3.05, 3.63) is 41.1 Å². The number of nitrogen functional groups attached to an aromatic ring is 1. The molecule has 37 heavy (non-hydrogen) atoms. The van der Waals surface area contributed by atoms with Crippen molar-refractivity contribution in [1.82, 2.24) is 25.2 Å². The molecule has 2 heterocycles. The molecule has 0 radical (unpaired) electrons. The Hall–Kier alpha value is -4.30. The fourth-order valence-electron chi connectivity index (χ4n) is 3.00. The molecule has 0 saturated carbocycles. The van der Waals surface area contributed by atoms with Crippen molar-refractivity contribution in [1.29, 1.82) is 0 Å². The number of pyridine rings is 1. The van der Waals surface area contributed by atoms with Gasteiger partial charge in [0.05, 0.1) is 23.7 Å². The summed E-state index contributed by atoms with van der Waals surface area (Å²) >= 11 is 0. The molecular formula is C22H22F4N6O5. The van der Waals surface area contributed by atoms with E-state index in [1.54, 1.807) is 20.8 Å². The van der Waals surface area contributed by atoms with Gasteiger partial charge in [0.1, 0.15) is 11.2 Å². The third-order valence-electron chi connectivity index (χ3n) is 4.69. The van der Waals surface area contributed by atoms with Crippen LogP contribution in [0.25, 0.3) is 11.4 Å². The van der Waals surface area contributed by atoms with Crippen molar-refractivity contribution in [2.75, 3.05) is 5.73 Å². The predicted molar refractivity (Wildman–Crippen MR) is 119 cm³/mol. The Morgan fingerprint density at radius 2 is 1.89 bits per heavy atom. The third kappa shape index (κ3) is 6.29. The second kappa shape index (κ2) is 10.4. The molecule has 0 fully saturated rings. The zero-order chi connectivity index (χ0) is 27.7. The highest BCUT2D eigenvalue weighted by molar-refractivity contribution is 5.96. The van der Waals surface area contributed by atoms with Crippen LogP contribution in [0.2, 0.25) is 0 Å². The number of anilines is 1. The lowest BCUT2D eigenvalue weighted by atomic mass is 10.1. The van der Waals surface area contributed by atoms with E-state index in [1.165, 1.54) is 6.92 Å². The number of aromatic nitrogens is 5. The van der Waals surface area contributed by atoms with E-state index in [4.69, 9.17) is 20.3 Å². The fourth-order valence-corrected chi connectivity index (χ4v) is 3.00. The number of hydrogen-bond donors (Lipinski definition) is 2. The largest absolute Gasteiger partial charge is 0.481 e. The number of rotatable bonds is 8. The number of ether oxygens (including phenoxy) is 2. The number of alkyl halides is 2. The number of tetrazole rings is 1. The monoisotopic (exact) mass is 526 g/mol. The molecule has 0 aliphatic heterocycles. The summed E-state index contributed by atoms with van der Waals surface area (Å²) in [6.45, 7) is 6.14. The highest BCUT2D eigenvalue weighted by atomic mass is 19.3. The van der Waals surface area contributed by atoms with Gasteiger partial charge in [-0.1, -0.05) is 0 Å². The molecule has 15 heteroatoms. The van der Waals surface area contributed by atoms with Crippen LogP contribution >= 0.6 is 0 Å². The van der Waals surface area contributed by atoms with E-state index in [0.717, 1.165) is 10.9 Å². The van der Waals surface area contributed by atoms with Gasteiger partial charge in [-0.3, -0.25) is 4.79 Å². The van der Waals surface area contributed by atoms with E-state index in [2.05, 4.69) is 20.4 Å². The number of benzene rings is 1. The predicted octanol–water partition coefficient (Wildman–Crippen LogP) is 4.32. The Morgan fingerprint density at radius 1 is 1.22 bits per heavy atom. The maximum absolute atomic E-state index is 15.5. The van der Waals surface area contributed by atoms with Crippen molar-refractivity contribution in [2.45, 2.75) is 52.2 Å². The van der Waals surface area contributed by atoms with Crippen molar-refractivity contribution >= 4 is 17.6 Å². The molecule has 2 aromatic heterocycles. The normalized spacial score (nSPS) is 12.5. The number of carbonyl (C=O) groups excluding carboxylic acids is 1. The Labute approximate surface area is 207 Å². The Balaban J connectivity index is 2.12. The summed E-state index contributed by atoms with van der Waals surface area (Å²) in [6, 6.07) is 0.760. The van der Waals surface area contributed by atoms with Crippen LogP contribution in [-0.2, 0) is 9.53 Å². The van der Waals surface area contributed by atoms with Crippen LogP contribution in [0.4, 0.5) is 23.2 Å². The first-order valence-electron chi connectivity index (χ1n) is 10.7. The smallest absolute Gasteiger partial charge is 0.342 e. The van der Waals surface area contributed by atoms with Gasteiger partial charge in [-0.15, -0.1) is 10.2 Å². The van der Waals surface area contributed by atoms with Gasteiger partial charge < -0.3 is 20.3 Å². The quantitative estimate of drug-likeness (QED) is 0.246. The van der Waals surface area contributed by atoms with Crippen LogP contribution < -0.4 is 10.5 Å². The van der Waals surface area contributed by atoms with Crippen molar-refractivity contribution in [3.63, 3.8) is 0 Å². The van der Waals surface area contributed by atoms with Crippen molar-refractivity contribution in [2.24, 2.45) is 0 Å². The summed E-state index contributed by atoms with van der Waals surface area (Å²) in [6.07, 6.45) is -2.72. The minimum atomic E-state index is -3.01. The Morgan fingerprint density at radius 3 is 2.46 bits per heavy atom. The molecule has 198 valence electrons. The zero-order valence-corrected chi connectivity index (χ0v) is 20.0. The summed E-state index contributed by atoms with van der Waals surface area (Å²) in [5.41, 5.74) is 2.71. The van der Waals surface area contributed by atoms with Crippen LogP contribution in [0.15, 0.2) is 18.3 Å². The molecule has 3 aromatic rings. The van der Waals surface area contributed by atoms with Crippen LogP contribution in [0.5, 0.6) is 11.6 Å². The summed E-state index contributed by atoms with van der Waals surface area (Å²) in [5, 5.41) is 20.5. The number of carbonyl (C=O) groups is 2. The second-order valence-electron chi connectivity index (χ2n) is 8.87. The number of esters is 1. The van der Waals surface area contributed by atoms with Gasteiger partial charge >= 0.3 is 11.9 Å². The van der Waals surface area contributed by atoms with E-state index < -0.39 is 70.1 Å². The van der Waals surface area contributed by atoms with Crippen LogP contribution in [0, 0.1) is 11.6 Å². The molecular weight excluding hydrogens is 504 g/mol. The molecule has 3 rings (SSSR count). The number of halogens is 4. The van der Waals surface area contributed by atoms with Gasteiger partial charge in [0.15, 0.2) is 17.4 Å². The average molecular weight is 526 g/mol. The topological polar surface area (TPSA) is 155 Å². The molecule has 0 spiro atoms. The molecule has 0 amide bonds. The summed E-state index contributed by atoms with van der Waals surface area (Å²) < 4.78 is 66.0. The number of nitrogens with zero attached hydrogens (tertiary/aromatic N) is 5. The van der Waals surface area contributed by atoms with Crippen LogP contribution in [0.3, 0.4) is 0 Å². The van der Waals surface area contributed by atoms with Gasteiger partial charge in [-0.25, -0.2) is 27.3 Å². The number of hydrogen-bond acceptors (Lipinski definition) is 9. The molecule has 0 saturated heterocycles. The van der Waals surface area contributed by atoms with Gasteiger partial charge in [-0.2, -0.15) is 4.80 Å². The number of aliphatic carboxylic acids is 1.